The number of anilines is 1. The van der Waals surface area contributed by atoms with E-state index in [4.69, 9.17) is 10.5 Å². The number of hydrogen-bond acceptors (Lipinski definition) is 4. The zero-order valence-corrected chi connectivity index (χ0v) is 11.5. The van der Waals surface area contributed by atoms with Gasteiger partial charge in [-0.25, -0.2) is 8.78 Å². The van der Waals surface area contributed by atoms with Crippen LogP contribution in [0.25, 0.3) is 0 Å². The van der Waals surface area contributed by atoms with Crippen LogP contribution in [0.3, 0.4) is 0 Å². The van der Waals surface area contributed by atoms with E-state index in [-0.39, 0.29) is 29.4 Å². The highest BCUT2D eigenvalue weighted by Gasteiger charge is 2.18. The molecule has 0 aromatic heterocycles. The lowest BCUT2D eigenvalue weighted by atomic mass is 10.1. The second-order valence-corrected chi connectivity index (χ2v) is 4.58. The van der Waals surface area contributed by atoms with Crippen LogP contribution < -0.4 is 10.6 Å². The van der Waals surface area contributed by atoms with Gasteiger partial charge in [0.25, 0.3) is 0 Å². The number of thiocarbonyl (C=S) groups is 1. The Bertz CT molecular complexity index is 448. The summed E-state index contributed by atoms with van der Waals surface area (Å²) in [5, 5.41) is 9.55. The molecule has 0 fully saturated rings. The average Bonchev–Trinajstić information content (AvgIpc) is 2.27. The maximum atomic E-state index is 13.8. The summed E-state index contributed by atoms with van der Waals surface area (Å²) in [4.78, 5) is 1.20. The number of halogens is 2. The van der Waals surface area contributed by atoms with Crippen molar-refractivity contribution in [2.24, 2.45) is 5.73 Å². The van der Waals surface area contributed by atoms with E-state index in [0.29, 0.717) is 0 Å². The highest BCUT2D eigenvalue weighted by molar-refractivity contribution is 7.80. The first-order chi connectivity index (χ1) is 8.86. The molecule has 0 spiro atoms. The monoisotopic (exact) mass is 290 g/mol. The lowest BCUT2D eigenvalue weighted by Crippen LogP contribution is -2.33. The minimum atomic E-state index is -0.843. The first-order valence-corrected chi connectivity index (χ1v) is 5.94. The molecule has 0 bridgehead atoms. The van der Waals surface area contributed by atoms with Gasteiger partial charge in [0.15, 0.2) is 0 Å². The zero-order valence-electron chi connectivity index (χ0n) is 10.7. The van der Waals surface area contributed by atoms with E-state index >= 15 is 0 Å². The molecule has 1 rings (SSSR count). The van der Waals surface area contributed by atoms with Crippen molar-refractivity contribution >= 4 is 22.9 Å². The standard InChI is InChI=1S/C12H16F2N2O2S/c1-16(5-8(17)6-18-2)11-9(13)3-7(12(15)19)4-10(11)14/h3-4,8,17H,5-6H2,1-2H3,(H2,15,19). The molecule has 3 N–H and O–H groups in total. The van der Waals surface area contributed by atoms with Crippen LogP contribution in [-0.2, 0) is 4.74 Å². The number of nitrogens with zero attached hydrogens (tertiary/aromatic N) is 1. The van der Waals surface area contributed by atoms with Gasteiger partial charge in [-0.1, -0.05) is 12.2 Å². The van der Waals surface area contributed by atoms with Crippen LogP contribution in [0.2, 0.25) is 0 Å². The molecule has 1 aromatic carbocycles. The summed E-state index contributed by atoms with van der Waals surface area (Å²) in [6.07, 6.45) is -0.843. The molecule has 0 aliphatic rings. The van der Waals surface area contributed by atoms with E-state index in [0.717, 1.165) is 12.1 Å². The van der Waals surface area contributed by atoms with E-state index in [2.05, 4.69) is 12.2 Å². The van der Waals surface area contributed by atoms with Crippen molar-refractivity contribution < 1.29 is 18.6 Å². The van der Waals surface area contributed by atoms with Crippen molar-refractivity contribution in [3.05, 3.63) is 29.3 Å². The van der Waals surface area contributed by atoms with Gasteiger partial charge in [-0.2, -0.15) is 0 Å². The van der Waals surface area contributed by atoms with Gasteiger partial charge in [-0.3, -0.25) is 0 Å². The number of hydrogen-bond donors (Lipinski definition) is 2. The molecule has 0 aliphatic carbocycles. The van der Waals surface area contributed by atoms with Gasteiger partial charge in [-0.15, -0.1) is 0 Å². The predicted octanol–water partition coefficient (Wildman–Crippen LogP) is 1.04. The number of aliphatic hydroxyl groups is 1. The predicted molar refractivity (Wildman–Crippen MR) is 73.4 cm³/mol. The number of rotatable bonds is 6. The first-order valence-electron chi connectivity index (χ1n) is 5.53. The van der Waals surface area contributed by atoms with E-state index < -0.39 is 17.7 Å². The van der Waals surface area contributed by atoms with Crippen molar-refractivity contribution in [1.82, 2.24) is 0 Å². The fourth-order valence-electron chi connectivity index (χ4n) is 1.72. The lowest BCUT2D eigenvalue weighted by Gasteiger charge is -2.23. The van der Waals surface area contributed by atoms with Gasteiger partial charge in [0.2, 0.25) is 0 Å². The van der Waals surface area contributed by atoms with Crippen molar-refractivity contribution in [2.45, 2.75) is 6.10 Å². The van der Waals surface area contributed by atoms with E-state index in [1.54, 1.807) is 0 Å². The maximum absolute atomic E-state index is 13.8. The van der Waals surface area contributed by atoms with Crippen LogP contribution >= 0.6 is 12.2 Å². The molecule has 1 aromatic rings. The molecule has 7 heteroatoms. The normalized spacial score (nSPS) is 12.3. The Kier molecular flexibility index (Phi) is 5.59. The molecule has 0 amide bonds. The third kappa shape index (κ3) is 4.09. The number of aliphatic hydroxyl groups excluding tert-OH is 1. The van der Waals surface area contributed by atoms with E-state index in [9.17, 15) is 13.9 Å². The summed E-state index contributed by atoms with van der Waals surface area (Å²) in [5.74, 6) is -1.56. The SMILES string of the molecule is COCC(O)CN(C)c1c(F)cc(C(N)=S)cc1F. The fraction of sp³-hybridized carbons (Fsp3) is 0.417. The van der Waals surface area contributed by atoms with Gasteiger partial charge in [0.05, 0.1) is 12.7 Å². The molecule has 1 atom stereocenters. The maximum Gasteiger partial charge on any atom is 0.150 e. The minimum absolute atomic E-state index is 0.0358. The molecule has 19 heavy (non-hydrogen) atoms. The highest BCUT2D eigenvalue weighted by Crippen LogP contribution is 2.24. The van der Waals surface area contributed by atoms with Crippen molar-refractivity contribution in [3.8, 4) is 0 Å². The molecule has 0 aliphatic heterocycles. The van der Waals surface area contributed by atoms with Gasteiger partial charge in [0.1, 0.15) is 22.3 Å². The topological polar surface area (TPSA) is 58.7 Å². The average molecular weight is 290 g/mol. The molecular weight excluding hydrogens is 274 g/mol. The summed E-state index contributed by atoms with van der Waals surface area (Å²) in [5.41, 5.74) is 5.21. The number of methoxy groups -OCH3 is 1. The van der Waals surface area contributed by atoms with Crippen molar-refractivity contribution in [1.29, 1.82) is 0 Å². The Morgan fingerprint density at radius 1 is 1.47 bits per heavy atom. The lowest BCUT2D eigenvalue weighted by molar-refractivity contribution is 0.0693. The van der Waals surface area contributed by atoms with Gasteiger partial charge in [-0.05, 0) is 12.1 Å². The van der Waals surface area contributed by atoms with E-state index in [1.165, 1.54) is 19.1 Å². The molecule has 4 nitrogen and oxygen atoms in total. The number of nitrogens with two attached hydrogens (primary N) is 1. The van der Waals surface area contributed by atoms with Crippen LogP contribution in [-0.4, -0.2) is 43.5 Å². The molecule has 106 valence electrons. The highest BCUT2D eigenvalue weighted by atomic mass is 32.1. The Morgan fingerprint density at radius 3 is 2.42 bits per heavy atom. The number of likely N-dealkylation sites (N-methyl/N-ethyl adjacent to an activating group) is 1. The molecule has 1 unspecified atom stereocenters. The second-order valence-electron chi connectivity index (χ2n) is 4.14. The van der Waals surface area contributed by atoms with Crippen LogP contribution in [0, 0.1) is 11.6 Å². The first kappa shape index (κ1) is 15.7. The summed E-state index contributed by atoms with van der Waals surface area (Å²) >= 11 is 4.67. The van der Waals surface area contributed by atoms with Crippen LogP contribution in [0.1, 0.15) is 5.56 Å². The molecular formula is C12H16F2N2O2S. The molecule has 0 heterocycles. The zero-order chi connectivity index (χ0) is 14.6. The smallest absolute Gasteiger partial charge is 0.150 e. The van der Waals surface area contributed by atoms with Crippen LogP contribution in [0.4, 0.5) is 14.5 Å². The van der Waals surface area contributed by atoms with Gasteiger partial charge >= 0.3 is 0 Å². The van der Waals surface area contributed by atoms with E-state index in [1.807, 2.05) is 0 Å². The summed E-state index contributed by atoms with van der Waals surface area (Å²) in [6, 6.07) is 2.14. The Labute approximate surface area is 115 Å². The molecule has 0 radical (unpaired) electrons. The van der Waals surface area contributed by atoms with Crippen LogP contribution in [0.5, 0.6) is 0 Å². The Morgan fingerprint density at radius 2 is 2.00 bits per heavy atom. The number of benzene rings is 1. The third-order valence-electron chi connectivity index (χ3n) is 2.53. The minimum Gasteiger partial charge on any atom is -0.389 e. The summed E-state index contributed by atoms with van der Waals surface area (Å²) in [7, 11) is 2.90. The largest absolute Gasteiger partial charge is 0.389 e. The van der Waals surface area contributed by atoms with Gasteiger partial charge < -0.3 is 20.5 Å². The summed E-state index contributed by atoms with van der Waals surface area (Å²) < 4.78 is 32.5. The third-order valence-corrected chi connectivity index (χ3v) is 2.76. The van der Waals surface area contributed by atoms with Crippen molar-refractivity contribution in [2.75, 3.05) is 32.2 Å². The van der Waals surface area contributed by atoms with Gasteiger partial charge in [0, 0.05) is 26.3 Å². The summed E-state index contributed by atoms with van der Waals surface area (Å²) in [6.45, 7) is 0.118. The molecule has 0 saturated heterocycles. The quantitative estimate of drug-likeness (QED) is 0.767. The number of ether oxygens (including phenoxy) is 1. The fourth-order valence-corrected chi connectivity index (χ4v) is 1.84. The second kappa shape index (κ2) is 6.74. The Balaban J connectivity index is 2.97. The molecule has 0 saturated carbocycles. The Hall–Kier alpha value is -1.31. The van der Waals surface area contributed by atoms with Crippen LogP contribution in [0.15, 0.2) is 12.1 Å². The van der Waals surface area contributed by atoms with Crippen molar-refractivity contribution in [3.63, 3.8) is 0 Å².